The second kappa shape index (κ2) is 17.1. The van der Waals surface area contributed by atoms with Crippen LogP contribution in [0.5, 0.6) is 0 Å². The van der Waals surface area contributed by atoms with Gasteiger partial charge in [0.05, 0.1) is 35.5 Å². The number of Topliss-reactive ketones (excluding diaryl/α,β-unsaturated/α-hetero) is 1. The van der Waals surface area contributed by atoms with E-state index in [1.54, 1.807) is 44.2 Å². The van der Waals surface area contributed by atoms with Crippen molar-refractivity contribution in [1.29, 1.82) is 0 Å². The average Bonchev–Trinajstić information content (AvgIpc) is 3.05. The van der Waals surface area contributed by atoms with Crippen LogP contribution in [-0.4, -0.2) is 122 Å². The van der Waals surface area contributed by atoms with Crippen molar-refractivity contribution in [3.8, 4) is 0 Å². The van der Waals surface area contributed by atoms with Gasteiger partial charge in [-0.25, -0.2) is 9.59 Å². The molecular formula is C33H49N5O10. The maximum absolute atomic E-state index is 14.0. The molecule has 2 aliphatic heterocycles. The Balaban J connectivity index is 2.07. The molecule has 0 radical (unpaired) electrons. The van der Waals surface area contributed by atoms with Gasteiger partial charge in [-0.2, -0.15) is 0 Å². The Morgan fingerprint density at radius 1 is 1.17 bits per heavy atom. The number of nitrogens with zero attached hydrogens (tertiary/aromatic N) is 5. The van der Waals surface area contributed by atoms with Gasteiger partial charge in [0.1, 0.15) is 12.5 Å². The fraction of sp³-hybridized carbons (Fsp3) is 0.697. The average molecular weight is 676 g/mol. The van der Waals surface area contributed by atoms with Crippen LogP contribution in [0.15, 0.2) is 35.4 Å². The monoisotopic (exact) mass is 675 g/mol. The molecule has 15 heteroatoms. The molecule has 10 atom stereocenters. The van der Waals surface area contributed by atoms with Gasteiger partial charge < -0.3 is 38.6 Å². The van der Waals surface area contributed by atoms with E-state index in [1.807, 2.05) is 32.8 Å². The molecule has 2 fully saturated rings. The van der Waals surface area contributed by atoms with Crippen molar-refractivity contribution in [1.82, 2.24) is 9.80 Å². The first kappa shape index (κ1) is 38.7. The van der Waals surface area contributed by atoms with Gasteiger partial charge in [-0.05, 0) is 71.3 Å². The van der Waals surface area contributed by atoms with Crippen LogP contribution < -0.4 is 0 Å². The number of rotatable bonds is 8. The lowest BCUT2D eigenvalue weighted by molar-refractivity contribution is -0.294. The number of esters is 2. The number of likely N-dealkylation sites (N-methyl/N-ethyl adjacent to an activating group) is 1. The fourth-order valence-corrected chi connectivity index (χ4v) is 6.59. The third kappa shape index (κ3) is 9.44. The van der Waals surface area contributed by atoms with Crippen LogP contribution in [0, 0.1) is 17.8 Å². The number of ketones is 1. The molecule has 0 aromatic heterocycles. The van der Waals surface area contributed by atoms with Gasteiger partial charge in [-0.15, -0.1) is 0 Å². The number of cyclic esters (lactones) is 1. The van der Waals surface area contributed by atoms with Crippen molar-refractivity contribution in [3.63, 3.8) is 0 Å². The molecule has 0 saturated carbocycles. The zero-order chi connectivity index (χ0) is 35.8. The number of benzene rings is 1. The summed E-state index contributed by atoms with van der Waals surface area (Å²) < 4.78 is 30.6. The van der Waals surface area contributed by atoms with E-state index in [4.69, 9.17) is 29.2 Å². The lowest BCUT2D eigenvalue weighted by Crippen LogP contribution is -2.60. The summed E-state index contributed by atoms with van der Waals surface area (Å²) in [5.41, 5.74) is 8.01. The maximum atomic E-state index is 14.0. The Morgan fingerprint density at radius 3 is 2.42 bits per heavy atom. The summed E-state index contributed by atoms with van der Waals surface area (Å²) in [4.78, 5) is 58.6. The quantitative estimate of drug-likeness (QED) is 0.137. The molecule has 1 aromatic rings. The molecule has 0 spiro atoms. The van der Waals surface area contributed by atoms with Crippen LogP contribution in [0.1, 0.15) is 57.8 Å². The minimum atomic E-state index is -1.29. The van der Waals surface area contributed by atoms with Crippen molar-refractivity contribution >= 4 is 23.8 Å². The van der Waals surface area contributed by atoms with Crippen LogP contribution in [0.2, 0.25) is 0 Å². The van der Waals surface area contributed by atoms with Gasteiger partial charge in [-0.3, -0.25) is 9.59 Å². The maximum Gasteiger partial charge on any atom is 0.407 e. The topological polar surface area (TPSA) is 190 Å². The van der Waals surface area contributed by atoms with Crippen molar-refractivity contribution in [2.75, 3.05) is 40.9 Å². The number of methoxy groups -OCH3 is 1. The Labute approximate surface area is 281 Å². The fourth-order valence-electron chi connectivity index (χ4n) is 6.59. The van der Waals surface area contributed by atoms with E-state index in [0.717, 1.165) is 4.90 Å². The number of ether oxygens (including phenoxy) is 5. The van der Waals surface area contributed by atoms with Crippen LogP contribution >= 0.6 is 0 Å². The Morgan fingerprint density at radius 2 is 1.83 bits per heavy atom. The predicted molar refractivity (Wildman–Crippen MR) is 173 cm³/mol. The lowest BCUT2D eigenvalue weighted by atomic mass is 9.78. The van der Waals surface area contributed by atoms with Crippen LogP contribution in [0.25, 0.3) is 10.4 Å². The lowest BCUT2D eigenvalue weighted by Gasteiger charge is -2.47. The molecule has 15 nitrogen and oxygen atoms in total. The zero-order valence-corrected chi connectivity index (χ0v) is 29.0. The number of carbonyl (C=O) groups excluding carboxylic acids is 3. The van der Waals surface area contributed by atoms with Gasteiger partial charge in [-0.1, -0.05) is 37.2 Å². The largest absolute Gasteiger partial charge is 0.465 e. The number of carbonyl (C=O) groups is 4. The van der Waals surface area contributed by atoms with Crippen LogP contribution in [0.4, 0.5) is 4.79 Å². The van der Waals surface area contributed by atoms with Gasteiger partial charge in [0.25, 0.3) is 0 Å². The molecule has 2 saturated heterocycles. The summed E-state index contributed by atoms with van der Waals surface area (Å²) in [6.45, 7) is 7.79. The van der Waals surface area contributed by atoms with E-state index >= 15 is 0 Å². The van der Waals surface area contributed by atoms with E-state index in [1.165, 1.54) is 14.0 Å². The zero-order valence-electron chi connectivity index (χ0n) is 29.0. The summed E-state index contributed by atoms with van der Waals surface area (Å²) in [7, 11) is 5.20. The molecule has 48 heavy (non-hydrogen) atoms. The highest BCUT2D eigenvalue weighted by atomic mass is 16.7. The molecule has 3 rings (SSSR count). The third-order valence-corrected chi connectivity index (χ3v) is 9.26. The Hall–Kier alpha value is -3.75. The van der Waals surface area contributed by atoms with E-state index in [0.29, 0.717) is 12.0 Å². The van der Waals surface area contributed by atoms with Crippen LogP contribution in [-0.2, 0) is 33.3 Å². The first-order chi connectivity index (χ1) is 22.6. The molecule has 2 heterocycles. The predicted octanol–water partition coefficient (Wildman–Crippen LogP) is 4.15. The van der Waals surface area contributed by atoms with Gasteiger partial charge in [0.15, 0.2) is 18.2 Å². The number of carboxylic acid groups (broad SMARTS) is 1. The van der Waals surface area contributed by atoms with Crippen molar-refractivity contribution < 1.29 is 48.0 Å². The van der Waals surface area contributed by atoms with Crippen molar-refractivity contribution in [3.05, 3.63) is 46.3 Å². The van der Waals surface area contributed by atoms with Gasteiger partial charge in [0, 0.05) is 31.0 Å². The standard InChI is InChI=1S/C33H49N5O10/c1-19-15-33(5,44-8)28(21(3)26(39)22(4)29(40)45-18-24(16-35-36-34)38(17-19)32(42)43)48-31-27(25(37(6)7)14-20(2)46-31)47-30(41)23-12-10-9-11-13-23/h9-13,19-22,24-25,27-28,31H,14-18H2,1-8H3,(H,42,43)/t19-,20-,21+,22?,24-,25+,27-,28-,31+,33-/m1/s1. The highest BCUT2D eigenvalue weighted by Gasteiger charge is 2.50. The van der Waals surface area contributed by atoms with Crippen molar-refractivity contribution in [2.24, 2.45) is 22.9 Å². The second-order valence-electron chi connectivity index (χ2n) is 13.2. The highest BCUT2D eigenvalue weighted by Crippen LogP contribution is 2.37. The molecular weight excluding hydrogens is 626 g/mol. The molecule has 266 valence electrons. The van der Waals surface area contributed by atoms with Gasteiger partial charge >= 0.3 is 18.0 Å². The molecule has 2 aliphatic rings. The highest BCUT2D eigenvalue weighted by molar-refractivity contribution is 6.00. The number of hydrogen-bond donors (Lipinski definition) is 1. The summed E-state index contributed by atoms with van der Waals surface area (Å²) in [5.74, 6) is -4.51. The molecule has 1 aromatic carbocycles. The van der Waals surface area contributed by atoms with E-state index < -0.39 is 72.4 Å². The second-order valence-corrected chi connectivity index (χ2v) is 13.2. The summed E-state index contributed by atoms with van der Waals surface area (Å²) in [5, 5.41) is 13.6. The molecule has 0 bridgehead atoms. The first-order valence-electron chi connectivity index (χ1n) is 16.1. The van der Waals surface area contributed by atoms with Gasteiger partial charge in [0.2, 0.25) is 0 Å². The molecule has 1 amide bonds. The first-order valence-corrected chi connectivity index (χ1v) is 16.1. The van der Waals surface area contributed by atoms with Crippen molar-refractivity contribution in [2.45, 2.75) is 89.7 Å². The minimum absolute atomic E-state index is 0.0287. The van der Waals surface area contributed by atoms with E-state index in [2.05, 4.69) is 10.0 Å². The number of hydrogen-bond acceptors (Lipinski definition) is 11. The summed E-state index contributed by atoms with van der Waals surface area (Å²) in [6, 6.07) is 7.25. The SMILES string of the molecule is CO[C@]1(C)C[C@@H](C)CN(C(=O)O)[C@H](CN=[N+]=[N-])COC(=O)C(C)C(=O)[C@H](C)[C@H]1O[C@@H]1O[C@H](C)C[C@H](N(C)C)[C@H]1OC(=O)c1ccccc1. The number of amides is 1. The minimum Gasteiger partial charge on any atom is -0.465 e. The summed E-state index contributed by atoms with van der Waals surface area (Å²) in [6.07, 6.45) is -3.97. The number of azide groups is 1. The molecule has 0 aliphatic carbocycles. The molecule has 1 N–H and O–H groups in total. The van der Waals surface area contributed by atoms with E-state index in [9.17, 15) is 24.3 Å². The van der Waals surface area contributed by atoms with E-state index in [-0.39, 0.29) is 37.6 Å². The molecule has 1 unspecified atom stereocenters. The summed E-state index contributed by atoms with van der Waals surface area (Å²) >= 11 is 0. The van der Waals surface area contributed by atoms with Crippen LogP contribution in [0.3, 0.4) is 0 Å². The Bertz CT molecular complexity index is 1320. The smallest absolute Gasteiger partial charge is 0.407 e. The Kier molecular flexibility index (Phi) is 13.8. The normalized spacial score (nSPS) is 33.8. The third-order valence-electron chi connectivity index (χ3n) is 9.26.